The molecule has 2 atom stereocenters. The van der Waals surface area contributed by atoms with Gasteiger partial charge in [0, 0.05) is 18.7 Å². The molecule has 6 rings (SSSR count). The van der Waals surface area contributed by atoms with E-state index < -0.39 is 11.9 Å². The zero-order valence-electron chi connectivity index (χ0n) is 18.3. The fourth-order valence-electron chi connectivity index (χ4n) is 4.95. The number of fused-ring (bicyclic) bond motifs is 2. The third-order valence-electron chi connectivity index (χ3n) is 6.73. The summed E-state index contributed by atoms with van der Waals surface area (Å²) in [4.78, 5) is 40.9. The van der Waals surface area contributed by atoms with Crippen LogP contribution < -0.4 is 14.7 Å². The van der Waals surface area contributed by atoms with Crippen molar-refractivity contribution in [2.45, 2.75) is 37.9 Å². The van der Waals surface area contributed by atoms with Crippen molar-refractivity contribution in [3.8, 4) is 0 Å². The first-order chi connectivity index (χ1) is 16.0. The molecule has 7 nitrogen and oxygen atoms in total. The van der Waals surface area contributed by atoms with E-state index >= 15 is 0 Å². The van der Waals surface area contributed by atoms with Crippen LogP contribution in [0.5, 0.6) is 0 Å². The predicted octanol–water partition coefficient (Wildman–Crippen LogP) is 3.70. The van der Waals surface area contributed by atoms with Gasteiger partial charge in [0.25, 0.3) is 5.91 Å². The van der Waals surface area contributed by atoms with Gasteiger partial charge in [-0.1, -0.05) is 18.2 Å². The zero-order valence-corrected chi connectivity index (χ0v) is 18.3. The Bertz CT molecular complexity index is 1290. The number of anilines is 3. The van der Waals surface area contributed by atoms with Gasteiger partial charge in [-0.3, -0.25) is 19.5 Å². The van der Waals surface area contributed by atoms with E-state index in [0.29, 0.717) is 22.9 Å². The molecular formula is C25H22FN5O2. The molecular weight excluding hydrogens is 421 g/mol. The van der Waals surface area contributed by atoms with Crippen molar-refractivity contribution in [3.63, 3.8) is 0 Å². The molecule has 8 heteroatoms. The number of rotatable bonds is 3. The molecule has 33 heavy (non-hydrogen) atoms. The maximum atomic E-state index is 13.6. The predicted molar refractivity (Wildman–Crippen MR) is 122 cm³/mol. The van der Waals surface area contributed by atoms with Crippen LogP contribution in [0.3, 0.4) is 0 Å². The molecule has 3 aromatic rings. The second-order valence-corrected chi connectivity index (χ2v) is 8.79. The van der Waals surface area contributed by atoms with E-state index in [2.05, 4.69) is 9.88 Å². The highest BCUT2D eigenvalue weighted by Gasteiger charge is 2.44. The minimum Gasteiger partial charge on any atom is -0.340 e. The maximum Gasteiger partial charge on any atom is 0.260 e. The van der Waals surface area contributed by atoms with Crippen molar-refractivity contribution < 1.29 is 14.0 Å². The molecule has 4 heterocycles. The molecule has 0 bridgehead atoms. The summed E-state index contributed by atoms with van der Waals surface area (Å²) in [6.45, 7) is 1.90. The molecule has 2 aromatic heterocycles. The van der Waals surface area contributed by atoms with E-state index in [9.17, 15) is 14.0 Å². The Labute approximate surface area is 190 Å². The van der Waals surface area contributed by atoms with Crippen molar-refractivity contribution in [3.05, 3.63) is 77.4 Å². The van der Waals surface area contributed by atoms with Crippen LogP contribution in [0.4, 0.5) is 21.7 Å². The van der Waals surface area contributed by atoms with Crippen LogP contribution >= 0.6 is 0 Å². The van der Waals surface area contributed by atoms with Gasteiger partial charge in [-0.25, -0.2) is 9.37 Å². The molecule has 2 unspecified atom stereocenters. The quantitative estimate of drug-likeness (QED) is 0.618. The summed E-state index contributed by atoms with van der Waals surface area (Å²) in [5, 5.41) is 0. The highest BCUT2D eigenvalue weighted by Crippen LogP contribution is 2.45. The van der Waals surface area contributed by atoms with Crippen LogP contribution in [0.25, 0.3) is 0 Å². The topological polar surface area (TPSA) is 69.6 Å². The van der Waals surface area contributed by atoms with Gasteiger partial charge < -0.3 is 9.80 Å². The number of likely N-dealkylation sites (N-methyl/N-ethyl adjacent to an activating group) is 1. The molecule has 0 radical (unpaired) electrons. The zero-order chi connectivity index (χ0) is 22.9. The number of benzene rings is 1. The third kappa shape index (κ3) is 2.93. The monoisotopic (exact) mass is 443 g/mol. The van der Waals surface area contributed by atoms with Crippen molar-refractivity contribution in [2.75, 3.05) is 21.7 Å². The van der Waals surface area contributed by atoms with Crippen molar-refractivity contribution in [1.29, 1.82) is 0 Å². The highest BCUT2D eigenvalue weighted by molar-refractivity contribution is 6.11. The van der Waals surface area contributed by atoms with Crippen LogP contribution in [0, 0.1) is 5.82 Å². The van der Waals surface area contributed by atoms with E-state index in [1.165, 1.54) is 6.07 Å². The summed E-state index contributed by atoms with van der Waals surface area (Å²) < 4.78 is 13.6. The lowest BCUT2D eigenvalue weighted by molar-refractivity contribution is -0.119. The summed E-state index contributed by atoms with van der Waals surface area (Å²) in [7, 11) is 1.76. The Hall–Kier alpha value is -3.81. The normalized spacial score (nSPS) is 22.0. The number of pyridine rings is 2. The van der Waals surface area contributed by atoms with Crippen molar-refractivity contribution in [2.24, 2.45) is 0 Å². The van der Waals surface area contributed by atoms with Crippen LogP contribution in [-0.4, -0.2) is 40.9 Å². The maximum absolute atomic E-state index is 13.6. The van der Waals surface area contributed by atoms with Crippen LogP contribution in [0.2, 0.25) is 0 Å². The molecule has 1 saturated carbocycles. The first kappa shape index (κ1) is 19.8. The van der Waals surface area contributed by atoms with E-state index in [-0.39, 0.29) is 23.9 Å². The Morgan fingerprint density at radius 2 is 1.82 bits per heavy atom. The molecule has 1 aliphatic carbocycles. The first-order valence-corrected chi connectivity index (χ1v) is 11.1. The average Bonchev–Trinajstić information content (AvgIpc) is 3.62. The van der Waals surface area contributed by atoms with Gasteiger partial charge >= 0.3 is 0 Å². The summed E-state index contributed by atoms with van der Waals surface area (Å²) in [5.41, 5.74) is 2.68. The molecule has 1 fully saturated rings. The molecule has 1 aromatic carbocycles. The summed E-state index contributed by atoms with van der Waals surface area (Å²) in [5.74, 6) is 0.602. The van der Waals surface area contributed by atoms with E-state index in [1.54, 1.807) is 35.0 Å². The number of hydrogen-bond donors (Lipinski definition) is 0. The number of aromatic nitrogens is 2. The van der Waals surface area contributed by atoms with Crippen LogP contribution in [0.1, 0.15) is 47.4 Å². The lowest BCUT2D eigenvalue weighted by Gasteiger charge is -2.40. The minimum absolute atomic E-state index is 0.0296. The van der Waals surface area contributed by atoms with Crippen molar-refractivity contribution in [1.82, 2.24) is 9.97 Å². The minimum atomic E-state index is -0.519. The Morgan fingerprint density at radius 3 is 2.55 bits per heavy atom. The van der Waals surface area contributed by atoms with E-state index in [1.807, 2.05) is 31.2 Å². The van der Waals surface area contributed by atoms with Gasteiger partial charge in [0.2, 0.25) is 5.91 Å². The van der Waals surface area contributed by atoms with Gasteiger partial charge in [-0.2, -0.15) is 0 Å². The molecule has 0 spiro atoms. The smallest absolute Gasteiger partial charge is 0.260 e. The van der Waals surface area contributed by atoms with Crippen LogP contribution in [-0.2, 0) is 4.79 Å². The van der Waals surface area contributed by atoms with Gasteiger partial charge in [0.15, 0.2) is 5.82 Å². The third-order valence-corrected chi connectivity index (χ3v) is 6.73. The van der Waals surface area contributed by atoms with Gasteiger partial charge in [-0.15, -0.1) is 0 Å². The lowest BCUT2D eigenvalue weighted by atomic mass is 10.0. The van der Waals surface area contributed by atoms with Crippen LogP contribution in [0.15, 0.2) is 54.7 Å². The lowest BCUT2D eigenvalue weighted by Crippen LogP contribution is -2.52. The van der Waals surface area contributed by atoms with Gasteiger partial charge in [0.05, 0.1) is 17.6 Å². The van der Waals surface area contributed by atoms with E-state index in [4.69, 9.17) is 4.98 Å². The Morgan fingerprint density at radius 1 is 1.03 bits per heavy atom. The Kier molecular flexibility index (Phi) is 4.27. The fourth-order valence-corrected chi connectivity index (χ4v) is 4.95. The van der Waals surface area contributed by atoms with E-state index in [0.717, 1.165) is 30.3 Å². The molecule has 166 valence electrons. The standard InChI is InChI=1S/C25H22FN5O2/c1-14-24(32)29(2)20-11-12-21(28-23(20)30(14)16-8-9-16)31-22(19-10-7-15(26)13-27-19)17-5-3-4-6-18(17)25(31)33/h3-7,10-14,16,22H,8-9H2,1-2H3. The second kappa shape index (κ2) is 7.10. The molecule has 2 aliphatic heterocycles. The average molecular weight is 443 g/mol. The molecule has 3 aliphatic rings. The molecule has 0 N–H and O–H groups in total. The molecule has 2 amide bonds. The second-order valence-electron chi connectivity index (χ2n) is 8.79. The highest BCUT2D eigenvalue weighted by atomic mass is 19.1. The Balaban J connectivity index is 1.50. The number of hydrogen-bond acceptors (Lipinski definition) is 5. The summed E-state index contributed by atoms with van der Waals surface area (Å²) >= 11 is 0. The molecule has 0 saturated heterocycles. The number of nitrogens with zero attached hydrogens (tertiary/aromatic N) is 5. The number of carbonyl (C=O) groups excluding carboxylic acids is 2. The van der Waals surface area contributed by atoms with Gasteiger partial charge in [-0.05, 0) is 55.7 Å². The summed E-state index contributed by atoms with van der Waals surface area (Å²) in [6.07, 6.45) is 3.20. The fraction of sp³-hybridized carbons (Fsp3) is 0.280. The van der Waals surface area contributed by atoms with Gasteiger partial charge in [0.1, 0.15) is 23.7 Å². The first-order valence-electron chi connectivity index (χ1n) is 11.1. The largest absolute Gasteiger partial charge is 0.340 e. The number of amides is 2. The van der Waals surface area contributed by atoms with Crippen molar-refractivity contribution >= 4 is 29.1 Å². The SMILES string of the molecule is CC1C(=O)N(C)c2ccc(N3C(=O)c4ccccc4C3c3ccc(F)cn3)nc2N1C1CC1. The number of carbonyl (C=O) groups is 2. The summed E-state index contributed by atoms with van der Waals surface area (Å²) in [6, 6.07) is 13.4. The number of halogens is 1.